The number of rotatable bonds is 9. The Labute approximate surface area is 211 Å². The summed E-state index contributed by atoms with van der Waals surface area (Å²) in [5, 5.41) is 8.54. The molecule has 182 valence electrons. The number of para-hydroxylation sites is 1. The average Bonchev–Trinajstić information content (AvgIpc) is 2.85. The SMILES string of the molecule is COc1cc(Br)c(CNC[C@H]2CC[C@@H](Nc3cc(N(C)C)c4ccccc4n3)CC2)cc1OC. The van der Waals surface area contributed by atoms with Gasteiger partial charge in [-0.1, -0.05) is 34.1 Å². The summed E-state index contributed by atoms with van der Waals surface area (Å²) in [6.07, 6.45) is 4.76. The second kappa shape index (κ2) is 11.3. The number of halogens is 1. The number of ether oxygens (including phenoxy) is 2. The van der Waals surface area contributed by atoms with Gasteiger partial charge in [-0.05, 0) is 61.9 Å². The zero-order valence-corrected chi connectivity index (χ0v) is 22.1. The third kappa shape index (κ3) is 5.76. The van der Waals surface area contributed by atoms with E-state index < -0.39 is 0 Å². The van der Waals surface area contributed by atoms with Crippen LogP contribution in [0.5, 0.6) is 11.5 Å². The molecular formula is C27H35BrN4O2. The first-order valence-electron chi connectivity index (χ1n) is 11.9. The van der Waals surface area contributed by atoms with Gasteiger partial charge in [0.2, 0.25) is 0 Å². The number of pyridine rings is 1. The Morgan fingerprint density at radius 1 is 1.00 bits per heavy atom. The zero-order valence-electron chi connectivity index (χ0n) is 20.5. The molecule has 0 spiro atoms. The first kappa shape index (κ1) is 24.6. The Morgan fingerprint density at radius 3 is 2.41 bits per heavy atom. The summed E-state index contributed by atoms with van der Waals surface area (Å²) in [5.41, 5.74) is 3.41. The van der Waals surface area contributed by atoms with Gasteiger partial charge in [0, 0.05) is 48.3 Å². The molecule has 34 heavy (non-hydrogen) atoms. The zero-order chi connectivity index (χ0) is 24.1. The van der Waals surface area contributed by atoms with Crippen LogP contribution in [0.4, 0.5) is 11.5 Å². The number of benzene rings is 2. The summed E-state index contributed by atoms with van der Waals surface area (Å²) in [5.74, 6) is 3.16. The van der Waals surface area contributed by atoms with Crippen LogP contribution in [0, 0.1) is 5.92 Å². The molecule has 1 aromatic heterocycles. The highest BCUT2D eigenvalue weighted by Gasteiger charge is 2.22. The smallest absolute Gasteiger partial charge is 0.161 e. The van der Waals surface area contributed by atoms with E-state index in [4.69, 9.17) is 14.5 Å². The van der Waals surface area contributed by atoms with Crippen molar-refractivity contribution in [3.63, 3.8) is 0 Å². The summed E-state index contributed by atoms with van der Waals surface area (Å²) >= 11 is 3.65. The van der Waals surface area contributed by atoms with E-state index in [-0.39, 0.29) is 0 Å². The molecule has 2 N–H and O–H groups in total. The molecule has 6 nitrogen and oxygen atoms in total. The molecule has 2 aromatic carbocycles. The first-order valence-corrected chi connectivity index (χ1v) is 12.7. The largest absolute Gasteiger partial charge is 0.493 e. The minimum Gasteiger partial charge on any atom is -0.493 e. The van der Waals surface area contributed by atoms with E-state index in [2.05, 4.69) is 75.9 Å². The number of nitrogens with one attached hydrogen (secondary N) is 2. The van der Waals surface area contributed by atoms with Crippen molar-refractivity contribution in [2.45, 2.75) is 38.3 Å². The van der Waals surface area contributed by atoms with Crippen LogP contribution in [0.2, 0.25) is 0 Å². The maximum atomic E-state index is 5.44. The van der Waals surface area contributed by atoms with Crippen LogP contribution in [0.15, 0.2) is 46.9 Å². The van der Waals surface area contributed by atoms with Gasteiger partial charge in [0.15, 0.2) is 11.5 Å². The summed E-state index contributed by atoms with van der Waals surface area (Å²) < 4.78 is 11.9. The highest BCUT2D eigenvalue weighted by atomic mass is 79.9. The lowest BCUT2D eigenvalue weighted by Gasteiger charge is -2.30. The van der Waals surface area contributed by atoms with Gasteiger partial charge in [-0.2, -0.15) is 0 Å². The highest BCUT2D eigenvalue weighted by molar-refractivity contribution is 9.10. The molecule has 0 saturated heterocycles. The molecule has 1 aliphatic carbocycles. The fraction of sp³-hybridized carbons (Fsp3) is 0.444. The quantitative estimate of drug-likeness (QED) is 0.365. The predicted molar refractivity (Wildman–Crippen MR) is 144 cm³/mol. The van der Waals surface area contributed by atoms with E-state index in [1.807, 2.05) is 12.1 Å². The lowest BCUT2D eigenvalue weighted by Crippen LogP contribution is -2.31. The normalized spacial score (nSPS) is 18.0. The summed E-state index contributed by atoms with van der Waals surface area (Å²) in [6, 6.07) is 15.0. The Balaban J connectivity index is 1.29. The fourth-order valence-corrected chi connectivity index (χ4v) is 5.23. The molecule has 3 aromatic rings. The molecular weight excluding hydrogens is 492 g/mol. The van der Waals surface area contributed by atoms with Crippen LogP contribution < -0.4 is 25.0 Å². The molecule has 0 aliphatic heterocycles. The van der Waals surface area contributed by atoms with Gasteiger partial charge >= 0.3 is 0 Å². The summed E-state index contributed by atoms with van der Waals surface area (Å²) in [6.45, 7) is 1.82. The maximum absolute atomic E-state index is 5.44. The van der Waals surface area contributed by atoms with Gasteiger partial charge in [0.25, 0.3) is 0 Å². The molecule has 7 heteroatoms. The fourth-order valence-electron chi connectivity index (χ4n) is 4.76. The molecule has 0 atom stereocenters. The number of anilines is 2. The number of hydrogen-bond donors (Lipinski definition) is 2. The summed E-state index contributed by atoms with van der Waals surface area (Å²) in [4.78, 5) is 7.04. The lowest BCUT2D eigenvalue weighted by molar-refractivity contribution is 0.323. The van der Waals surface area contributed by atoms with Crippen molar-refractivity contribution in [2.75, 3.05) is 45.1 Å². The highest BCUT2D eigenvalue weighted by Crippen LogP contribution is 2.34. The van der Waals surface area contributed by atoms with Gasteiger partial charge in [-0.3, -0.25) is 0 Å². The summed E-state index contributed by atoms with van der Waals surface area (Å²) in [7, 11) is 7.50. The van der Waals surface area contributed by atoms with Crippen molar-refractivity contribution >= 4 is 38.3 Å². The van der Waals surface area contributed by atoms with Crippen LogP contribution in [0.3, 0.4) is 0 Å². The van der Waals surface area contributed by atoms with Crippen molar-refractivity contribution in [3.05, 3.63) is 52.5 Å². The van der Waals surface area contributed by atoms with Gasteiger partial charge in [0.05, 0.1) is 19.7 Å². The van der Waals surface area contributed by atoms with E-state index in [9.17, 15) is 0 Å². The van der Waals surface area contributed by atoms with Crippen molar-refractivity contribution < 1.29 is 9.47 Å². The third-order valence-electron chi connectivity index (χ3n) is 6.68. The number of aromatic nitrogens is 1. The van der Waals surface area contributed by atoms with Gasteiger partial charge in [0.1, 0.15) is 5.82 Å². The molecule has 1 saturated carbocycles. The number of hydrogen-bond acceptors (Lipinski definition) is 6. The molecule has 4 rings (SSSR count). The van der Waals surface area contributed by atoms with Gasteiger partial charge in [-0.25, -0.2) is 4.98 Å². The second-order valence-corrected chi connectivity index (χ2v) is 10.1. The molecule has 1 fully saturated rings. The van der Waals surface area contributed by atoms with Crippen LogP contribution in [-0.4, -0.2) is 45.9 Å². The van der Waals surface area contributed by atoms with E-state index in [1.54, 1.807) is 14.2 Å². The molecule has 0 bridgehead atoms. The first-order chi connectivity index (χ1) is 16.5. The van der Waals surface area contributed by atoms with Crippen LogP contribution >= 0.6 is 15.9 Å². The molecule has 1 aliphatic rings. The standard InChI is InChI=1S/C27H35BrN4O2/c1-32(2)24-15-27(31-23-8-6-5-7-21(23)24)30-20-11-9-18(10-12-20)16-29-17-19-13-25(33-3)26(34-4)14-22(19)28/h5-8,13-15,18,20,29H,9-12,16-17H2,1-4H3,(H,30,31)/t18-,20+. The Hall–Kier alpha value is -2.51. The lowest BCUT2D eigenvalue weighted by atomic mass is 9.86. The van der Waals surface area contributed by atoms with E-state index in [0.717, 1.165) is 53.2 Å². The molecule has 0 radical (unpaired) electrons. The van der Waals surface area contributed by atoms with Crippen LogP contribution in [0.25, 0.3) is 10.9 Å². The monoisotopic (exact) mass is 526 g/mol. The molecule has 1 heterocycles. The van der Waals surface area contributed by atoms with E-state index in [1.165, 1.54) is 29.5 Å². The number of nitrogens with zero attached hydrogens (tertiary/aromatic N) is 2. The minimum absolute atomic E-state index is 0.472. The predicted octanol–water partition coefficient (Wildman–Crippen LogP) is 5.84. The topological polar surface area (TPSA) is 58.7 Å². The Morgan fingerprint density at radius 2 is 1.71 bits per heavy atom. The van der Waals surface area contributed by atoms with Crippen molar-refractivity contribution in [1.29, 1.82) is 0 Å². The van der Waals surface area contributed by atoms with E-state index >= 15 is 0 Å². The Kier molecular flexibility index (Phi) is 8.16. The molecule has 0 unspecified atom stereocenters. The van der Waals surface area contributed by atoms with Crippen molar-refractivity contribution in [2.24, 2.45) is 5.92 Å². The molecule has 0 amide bonds. The van der Waals surface area contributed by atoms with Crippen molar-refractivity contribution in [1.82, 2.24) is 10.3 Å². The average molecular weight is 528 g/mol. The van der Waals surface area contributed by atoms with Gasteiger partial charge in [-0.15, -0.1) is 0 Å². The maximum Gasteiger partial charge on any atom is 0.161 e. The second-order valence-electron chi connectivity index (χ2n) is 9.23. The minimum atomic E-state index is 0.472. The van der Waals surface area contributed by atoms with E-state index in [0.29, 0.717) is 12.0 Å². The van der Waals surface area contributed by atoms with Crippen molar-refractivity contribution in [3.8, 4) is 11.5 Å². The van der Waals surface area contributed by atoms with Crippen LogP contribution in [0.1, 0.15) is 31.2 Å². The van der Waals surface area contributed by atoms with Crippen LogP contribution in [-0.2, 0) is 6.54 Å². The number of methoxy groups -OCH3 is 2. The number of fused-ring (bicyclic) bond motifs is 1. The third-order valence-corrected chi connectivity index (χ3v) is 7.41. The van der Waals surface area contributed by atoms with Gasteiger partial charge < -0.3 is 25.0 Å². The Bertz CT molecular complexity index is 1110.